The molecule has 1 heterocycles. The molecule has 0 aliphatic carbocycles. The standard InChI is InChI=1S/C14H20N4/c1-2-13(15)14-11-18(17-16-14)10-6-9-12-7-4-3-5-8-12/h3-5,7-8,11,13H,2,6,9-10,15H2,1H3. The number of aromatic nitrogens is 3. The maximum atomic E-state index is 5.91. The van der Waals surface area contributed by atoms with E-state index in [2.05, 4.69) is 41.5 Å². The fourth-order valence-electron chi connectivity index (χ4n) is 1.89. The highest BCUT2D eigenvalue weighted by atomic mass is 15.4. The van der Waals surface area contributed by atoms with E-state index in [1.54, 1.807) is 0 Å². The maximum Gasteiger partial charge on any atom is 0.0993 e. The summed E-state index contributed by atoms with van der Waals surface area (Å²) >= 11 is 0. The van der Waals surface area contributed by atoms with Gasteiger partial charge in [-0.1, -0.05) is 42.5 Å². The number of aryl methyl sites for hydroxylation is 2. The predicted octanol–water partition coefficient (Wildman–Crippen LogP) is 2.32. The molecule has 1 aromatic heterocycles. The molecule has 0 fully saturated rings. The van der Waals surface area contributed by atoms with Crippen LogP contribution >= 0.6 is 0 Å². The van der Waals surface area contributed by atoms with Gasteiger partial charge in [0.2, 0.25) is 0 Å². The third kappa shape index (κ3) is 3.40. The Kier molecular flexibility index (Phi) is 4.47. The maximum absolute atomic E-state index is 5.91. The molecular weight excluding hydrogens is 224 g/mol. The number of nitrogens with two attached hydrogens (primary N) is 1. The molecule has 0 spiro atoms. The summed E-state index contributed by atoms with van der Waals surface area (Å²) in [5.74, 6) is 0. The van der Waals surface area contributed by atoms with Crippen LogP contribution in [0.5, 0.6) is 0 Å². The highest BCUT2D eigenvalue weighted by molar-refractivity contribution is 5.14. The molecule has 0 saturated carbocycles. The van der Waals surface area contributed by atoms with Crippen molar-refractivity contribution in [1.82, 2.24) is 15.0 Å². The van der Waals surface area contributed by atoms with Gasteiger partial charge in [0.1, 0.15) is 0 Å². The van der Waals surface area contributed by atoms with Crippen molar-refractivity contribution in [3.05, 3.63) is 47.8 Å². The number of hydrogen-bond acceptors (Lipinski definition) is 3. The molecule has 2 rings (SSSR count). The SMILES string of the molecule is CCC(N)c1cn(CCCc2ccccc2)nn1. The Hall–Kier alpha value is -1.68. The van der Waals surface area contributed by atoms with Gasteiger partial charge in [0.15, 0.2) is 0 Å². The Morgan fingerprint density at radius 3 is 2.78 bits per heavy atom. The van der Waals surface area contributed by atoms with E-state index in [0.29, 0.717) is 0 Å². The van der Waals surface area contributed by atoms with Gasteiger partial charge in [-0.2, -0.15) is 0 Å². The van der Waals surface area contributed by atoms with Gasteiger partial charge in [-0.25, -0.2) is 0 Å². The molecule has 2 aromatic rings. The summed E-state index contributed by atoms with van der Waals surface area (Å²) in [6.07, 6.45) is 4.98. The Labute approximate surface area is 108 Å². The molecular formula is C14H20N4. The lowest BCUT2D eigenvalue weighted by Gasteiger charge is -2.02. The second-order valence-corrected chi connectivity index (χ2v) is 4.51. The molecule has 0 bridgehead atoms. The smallest absolute Gasteiger partial charge is 0.0993 e. The molecule has 1 aromatic carbocycles. The minimum absolute atomic E-state index is 0.00729. The van der Waals surface area contributed by atoms with E-state index in [1.807, 2.05) is 16.9 Å². The van der Waals surface area contributed by atoms with Crippen molar-refractivity contribution in [3.63, 3.8) is 0 Å². The quantitative estimate of drug-likeness (QED) is 0.848. The van der Waals surface area contributed by atoms with E-state index in [9.17, 15) is 0 Å². The van der Waals surface area contributed by atoms with Crippen LogP contribution < -0.4 is 5.73 Å². The summed E-state index contributed by atoms with van der Waals surface area (Å²) in [4.78, 5) is 0. The van der Waals surface area contributed by atoms with Crippen LogP contribution in [0.4, 0.5) is 0 Å². The number of rotatable bonds is 6. The van der Waals surface area contributed by atoms with Crippen LogP contribution in [0.3, 0.4) is 0 Å². The number of nitrogens with zero attached hydrogens (tertiary/aromatic N) is 3. The molecule has 0 saturated heterocycles. The predicted molar refractivity (Wildman–Crippen MR) is 72.0 cm³/mol. The Morgan fingerprint density at radius 2 is 2.06 bits per heavy atom. The first kappa shape index (κ1) is 12.8. The van der Waals surface area contributed by atoms with Crippen LogP contribution in [-0.2, 0) is 13.0 Å². The number of hydrogen-bond donors (Lipinski definition) is 1. The Morgan fingerprint density at radius 1 is 1.28 bits per heavy atom. The van der Waals surface area contributed by atoms with Crippen LogP contribution in [0.1, 0.15) is 37.1 Å². The summed E-state index contributed by atoms with van der Waals surface area (Å²) in [7, 11) is 0. The van der Waals surface area contributed by atoms with Gasteiger partial charge >= 0.3 is 0 Å². The van der Waals surface area contributed by atoms with Crippen LogP contribution in [0.2, 0.25) is 0 Å². The van der Waals surface area contributed by atoms with Crippen molar-refractivity contribution >= 4 is 0 Å². The van der Waals surface area contributed by atoms with Crippen LogP contribution in [0, 0.1) is 0 Å². The minimum Gasteiger partial charge on any atom is -0.323 e. The second-order valence-electron chi connectivity index (χ2n) is 4.51. The summed E-state index contributed by atoms with van der Waals surface area (Å²) in [6.45, 7) is 2.94. The molecule has 1 unspecified atom stereocenters. The second kappa shape index (κ2) is 6.31. The van der Waals surface area contributed by atoms with E-state index in [1.165, 1.54) is 5.56 Å². The Balaban J connectivity index is 1.82. The first-order valence-electron chi connectivity index (χ1n) is 6.49. The minimum atomic E-state index is 0.00729. The van der Waals surface area contributed by atoms with E-state index in [0.717, 1.165) is 31.5 Å². The largest absolute Gasteiger partial charge is 0.323 e. The fourth-order valence-corrected chi connectivity index (χ4v) is 1.89. The van der Waals surface area contributed by atoms with Gasteiger partial charge < -0.3 is 5.73 Å². The van der Waals surface area contributed by atoms with E-state index >= 15 is 0 Å². The highest BCUT2D eigenvalue weighted by Crippen LogP contribution is 2.09. The molecule has 1 atom stereocenters. The molecule has 18 heavy (non-hydrogen) atoms. The fraction of sp³-hybridized carbons (Fsp3) is 0.429. The summed E-state index contributed by atoms with van der Waals surface area (Å²) in [6, 6.07) is 10.5. The van der Waals surface area contributed by atoms with Gasteiger partial charge in [-0.15, -0.1) is 5.10 Å². The van der Waals surface area contributed by atoms with Crippen LogP contribution in [-0.4, -0.2) is 15.0 Å². The van der Waals surface area contributed by atoms with E-state index in [4.69, 9.17) is 5.73 Å². The first-order chi connectivity index (χ1) is 8.79. The van der Waals surface area contributed by atoms with E-state index in [-0.39, 0.29) is 6.04 Å². The van der Waals surface area contributed by atoms with Crippen LogP contribution in [0.25, 0.3) is 0 Å². The molecule has 0 aliphatic rings. The van der Waals surface area contributed by atoms with Gasteiger partial charge in [0.25, 0.3) is 0 Å². The highest BCUT2D eigenvalue weighted by Gasteiger charge is 2.07. The Bertz CT molecular complexity index is 464. The van der Waals surface area contributed by atoms with Crippen molar-refractivity contribution in [2.24, 2.45) is 5.73 Å². The molecule has 4 nitrogen and oxygen atoms in total. The lowest BCUT2D eigenvalue weighted by molar-refractivity contribution is 0.558. The first-order valence-corrected chi connectivity index (χ1v) is 6.49. The molecule has 2 N–H and O–H groups in total. The number of benzene rings is 1. The monoisotopic (exact) mass is 244 g/mol. The van der Waals surface area contributed by atoms with Gasteiger partial charge in [-0.05, 0) is 24.8 Å². The molecule has 96 valence electrons. The van der Waals surface area contributed by atoms with E-state index < -0.39 is 0 Å². The lowest BCUT2D eigenvalue weighted by Crippen LogP contribution is -2.08. The summed E-state index contributed by atoms with van der Waals surface area (Å²) in [5.41, 5.74) is 8.16. The van der Waals surface area contributed by atoms with Crippen molar-refractivity contribution in [2.75, 3.05) is 0 Å². The molecule has 0 radical (unpaired) electrons. The normalized spacial score (nSPS) is 12.6. The van der Waals surface area contributed by atoms with Crippen molar-refractivity contribution in [1.29, 1.82) is 0 Å². The zero-order valence-electron chi connectivity index (χ0n) is 10.8. The van der Waals surface area contributed by atoms with Crippen molar-refractivity contribution in [3.8, 4) is 0 Å². The van der Waals surface area contributed by atoms with Crippen molar-refractivity contribution < 1.29 is 0 Å². The summed E-state index contributed by atoms with van der Waals surface area (Å²) < 4.78 is 1.88. The molecule has 0 aliphatic heterocycles. The van der Waals surface area contributed by atoms with Gasteiger partial charge in [-0.3, -0.25) is 4.68 Å². The lowest BCUT2D eigenvalue weighted by atomic mass is 10.1. The zero-order valence-corrected chi connectivity index (χ0v) is 10.8. The average molecular weight is 244 g/mol. The topological polar surface area (TPSA) is 56.7 Å². The molecule has 4 heteroatoms. The molecule has 0 amide bonds. The zero-order chi connectivity index (χ0) is 12.8. The average Bonchev–Trinajstić information content (AvgIpc) is 2.88. The van der Waals surface area contributed by atoms with Crippen molar-refractivity contribution in [2.45, 2.75) is 38.8 Å². The van der Waals surface area contributed by atoms with Gasteiger partial charge in [0, 0.05) is 6.54 Å². The summed E-state index contributed by atoms with van der Waals surface area (Å²) in [5, 5.41) is 8.20. The van der Waals surface area contributed by atoms with Gasteiger partial charge in [0.05, 0.1) is 17.9 Å². The van der Waals surface area contributed by atoms with Crippen LogP contribution in [0.15, 0.2) is 36.5 Å². The third-order valence-electron chi connectivity index (χ3n) is 3.07. The third-order valence-corrected chi connectivity index (χ3v) is 3.07.